The topological polar surface area (TPSA) is 116 Å². The molecule has 3 heterocycles. The van der Waals surface area contributed by atoms with Gasteiger partial charge in [0.05, 0.1) is 36.7 Å². The van der Waals surface area contributed by atoms with E-state index in [1.165, 1.54) is 22.4 Å². The quantitative estimate of drug-likeness (QED) is 0.238. The van der Waals surface area contributed by atoms with E-state index in [0.29, 0.717) is 45.2 Å². The largest absolute Gasteiger partial charge is 0.495 e. The summed E-state index contributed by atoms with van der Waals surface area (Å²) in [5.41, 5.74) is 3.07. The summed E-state index contributed by atoms with van der Waals surface area (Å²) in [6.07, 6.45) is 3.62. The first-order valence-corrected chi connectivity index (χ1v) is 13.1. The highest BCUT2D eigenvalue weighted by atomic mass is 35.5. The molecule has 1 atom stereocenters. The molecule has 5 aromatic rings. The summed E-state index contributed by atoms with van der Waals surface area (Å²) in [4.78, 5) is 31.2. The standard InChI is InChI=1S/C29H22Cl2N6O3/c1-3-24(26(38)11-17-4-8-23-18(10-17)5-7-20(14-32)33-23)36-15-27(40-2)22(13-29(36)39)21-12-19(30)6-9-25(21)37-16-28(31)34-35-37/h4-10,12-13,15-16,24H,3,11H2,1-2H3. The van der Waals surface area contributed by atoms with Crippen molar-refractivity contribution >= 4 is 39.9 Å². The molecule has 9 nitrogen and oxygen atoms in total. The fourth-order valence-corrected chi connectivity index (χ4v) is 4.97. The monoisotopic (exact) mass is 572 g/mol. The number of nitriles is 1. The maximum atomic E-state index is 13.5. The number of benzene rings is 2. The summed E-state index contributed by atoms with van der Waals surface area (Å²) in [5.74, 6) is 0.256. The van der Waals surface area contributed by atoms with Gasteiger partial charge in [0, 0.05) is 34.0 Å². The molecule has 0 fully saturated rings. The number of pyridine rings is 2. The number of ether oxygens (including phenoxy) is 1. The predicted molar refractivity (Wildman–Crippen MR) is 152 cm³/mol. The van der Waals surface area contributed by atoms with E-state index in [4.69, 9.17) is 33.2 Å². The maximum Gasteiger partial charge on any atom is 0.252 e. The Labute approximate surface area is 239 Å². The van der Waals surface area contributed by atoms with Crippen LogP contribution in [0.2, 0.25) is 10.2 Å². The van der Waals surface area contributed by atoms with Crippen LogP contribution in [0, 0.1) is 11.3 Å². The number of aromatic nitrogens is 5. The normalized spacial score (nSPS) is 11.8. The molecule has 0 aliphatic carbocycles. The van der Waals surface area contributed by atoms with Gasteiger partial charge in [-0.25, -0.2) is 9.67 Å². The number of nitrogens with zero attached hydrogens (tertiary/aromatic N) is 6. The number of ketones is 1. The third-order valence-corrected chi connectivity index (χ3v) is 6.97. The fourth-order valence-electron chi connectivity index (χ4n) is 4.68. The predicted octanol–water partition coefficient (Wildman–Crippen LogP) is 5.59. The number of hydrogen-bond acceptors (Lipinski definition) is 7. The van der Waals surface area contributed by atoms with Crippen LogP contribution in [0.25, 0.3) is 27.7 Å². The summed E-state index contributed by atoms with van der Waals surface area (Å²) in [7, 11) is 1.49. The average molecular weight is 573 g/mol. The van der Waals surface area contributed by atoms with E-state index in [1.54, 1.807) is 48.8 Å². The molecule has 0 N–H and O–H groups in total. The van der Waals surface area contributed by atoms with Gasteiger partial charge in [0.2, 0.25) is 0 Å². The van der Waals surface area contributed by atoms with Gasteiger partial charge in [0.15, 0.2) is 10.9 Å². The Morgan fingerprint density at radius 1 is 1.07 bits per heavy atom. The van der Waals surface area contributed by atoms with Gasteiger partial charge in [0.1, 0.15) is 17.5 Å². The molecular formula is C29H22Cl2N6O3. The van der Waals surface area contributed by atoms with Gasteiger partial charge < -0.3 is 9.30 Å². The van der Waals surface area contributed by atoms with Crippen molar-refractivity contribution in [2.24, 2.45) is 0 Å². The first-order chi connectivity index (χ1) is 19.3. The van der Waals surface area contributed by atoms with E-state index < -0.39 is 6.04 Å². The minimum Gasteiger partial charge on any atom is -0.495 e. The van der Waals surface area contributed by atoms with E-state index in [-0.39, 0.29) is 22.9 Å². The minimum atomic E-state index is -0.710. The lowest BCUT2D eigenvalue weighted by Crippen LogP contribution is -2.30. The van der Waals surface area contributed by atoms with E-state index in [9.17, 15) is 9.59 Å². The van der Waals surface area contributed by atoms with E-state index in [0.717, 1.165) is 10.9 Å². The lowest BCUT2D eigenvalue weighted by molar-refractivity contribution is -0.121. The zero-order chi connectivity index (χ0) is 28.4. The van der Waals surface area contributed by atoms with Crippen molar-refractivity contribution in [1.29, 1.82) is 5.26 Å². The number of hydrogen-bond donors (Lipinski definition) is 0. The van der Waals surface area contributed by atoms with Gasteiger partial charge in [0.25, 0.3) is 5.56 Å². The number of fused-ring (bicyclic) bond motifs is 1. The van der Waals surface area contributed by atoms with Crippen LogP contribution >= 0.6 is 23.2 Å². The lowest BCUT2D eigenvalue weighted by Gasteiger charge is -2.20. The van der Waals surface area contributed by atoms with Crippen LogP contribution in [0.4, 0.5) is 0 Å². The van der Waals surface area contributed by atoms with Crippen LogP contribution in [0.3, 0.4) is 0 Å². The Hall–Kier alpha value is -4.52. The molecular weight excluding hydrogens is 551 g/mol. The third kappa shape index (κ3) is 5.32. The van der Waals surface area contributed by atoms with Crippen molar-refractivity contribution in [2.45, 2.75) is 25.8 Å². The fraction of sp³-hybridized carbons (Fsp3) is 0.172. The van der Waals surface area contributed by atoms with Gasteiger partial charge in [-0.1, -0.05) is 41.4 Å². The zero-order valence-corrected chi connectivity index (χ0v) is 23.0. The van der Waals surface area contributed by atoms with Gasteiger partial charge in [-0.15, -0.1) is 5.10 Å². The molecule has 11 heteroatoms. The molecule has 0 bridgehead atoms. The first-order valence-electron chi connectivity index (χ1n) is 12.3. The molecule has 0 saturated heterocycles. The van der Waals surface area contributed by atoms with Crippen molar-refractivity contribution in [3.05, 3.63) is 98.8 Å². The van der Waals surface area contributed by atoms with Gasteiger partial charge in [-0.3, -0.25) is 9.59 Å². The second-order valence-corrected chi connectivity index (χ2v) is 9.87. The molecule has 1 unspecified atom stereocenters. The van der Waals surface area contributed by atoms with Crippen molar-refractivity contribution in [1.82, 2.24) is 24.5 Å². The van der Waals surface area contributed by atoms with Crippen LogP contribution in [0.15, 0.2) is 71.8 Å². The van der Waals surface area contributed by atoms with Gasteiger partial charge in [-0.2, -0.15) is 5.26 Å². The molecule has 5 rings (SSSR count). The van der Waals surface area contributed by atoms with Gasteiger partial charge >= 0.3 is 0 Å². The Morgan fingerprint density at radius 3 is 2.60 bits per heavy atom. The molecule has 2 aromatic carbocycles. The van der Waals surface area contributed by atoms with Crippen LogP contribution in [-0.2, 0) is 11.2 Å². The van der Waals surface area contributed by atoms with E-state index in [1.807, 2.05) is 25.1 Å². The molecule has 0 aliphatic rings. The molecule has 0 spiro atoms. The summed E-state index contributed by atoms with van der Waals surface area (Å²) in [6.45, 7) is 1.85. The number of carbonyl (C=O) groups is 1. The van der Waals surface area contributed by atoms with Crippen LogP contribution < -0.4 is 10.3 Å². The highest BCUT2D eigenvalue weighted by Crippen LogP contribution is 2.35. The van der Waals surface area contributed by atoms with Crippen LogP contribution in [0.1, 0.15) is 30.6 Å². The molecule has 200 valence electrons. The second-order valence-electron chi connectivity index (χ2n) is 9.05. The van der Waals surface area contributed by atoms with E-state index >= 15 is 0 Å². The molecule has 0 aliphatic heterocycles. The number of halogens is 2. The average Bonchev–Trinajstić information content (AvgIpc) is 3.39. The van der Waals surface area contributed by atoms with Crippen molar-refractivity contribution in [3.63, 3.8) is 0 Å². The maximum absolute atomic E-state index is 13.5. The molecule has 0 amide bonds. The number of carbonyl (C=O) groups excluding carboxylic acids is 1. The number of rotatable bonds is 8. The smallest absolute Gasteiger partial charge is 0.252 e. The Bertz CT molecular complexity index is 1860. The zero-order valence-electron chi connectivity index (χ0n) is 21.5. The summed E-state index contributed by atoms with van der Waals surface area (Å²) >= 11 is 12.3. The summed E-state index contributed by atoms with van der Waals surface area (Å²) in [6, 6.07) is 16.8. The van der Waals surface area contributed by atoms with E-state index in [2.05, 4.69) is 15.3 Å². The van der Waals surface area contributed by atoms with Crippen LogP contribution in [0.5, 0.6) is 5.75 Å². The minimum absolute atomic E-state index is 0.121. The molecule has 0 saturated carbocycles. The second kappa shape index (κ2) is 11.3. The van der Waals surface area contributed by atoms with Crippen LogP contribution in [-0.4, -0.2) is 37.4 Å². The molecule has 0 radical (unpaired) electrons. The number of Topliss-reactive ketones (excluding diaryl/α,β-unsaturated/α-hetero) is 1. The number of methoxy groups -OCH3 is 1. The van der Waals surface area contributed by atoms with Crippen molar-refractivity contribution in [3.8, 4) is 28.6 Å². The molecule has 3 aromatic heterocycles. The Morgan fingerprint density at radius 2 is 1.90 bits per heavy atom. The Kier molecular flexibility index (Phi) is 7.65. The summed E-state index contributed by atoms with van der Waals surface area (Å²) < 4.78 is 8.57. The first kappa shape index (κ1) is 27.1. The lowest BCUT2D eigenvalue weighted by atomic mass is 9.99. The summed E-state index contributed by atoms with van der Waals surface area (Å²) in [5, 5.41) is 18.4. The SMILES string of the molecule is CCC(C(=O)Cc1ccc2nc(C#N)ccc2c1)n1cc(OC)c(-c2cc(Cl)ccc2-n2cc(Cl)nn2)cc1=O. The highest BCUT2D eigenvalue weighted by molar-refractivity contribution is 6.31. The van der Waals surface area contributed by atoms with Crippen molar-refractivity contribution < 1.29 is 9.53 Å². The Balaban J connectivity index is 1.50. The molecule has 40 heavy (non-hydrogen) atoms. The van der Waals surface area contributed by atoms with Gasteiger partial charge in [-0.05, 0) is 54.4 Å². The third-order valence-electron chi connectivity index (χ3n) is 6.57. The van der Waals surface area contributed by atoms with Crippen molar-refractivity contribution in [2.75, 3.05) is 7.11 Å². The highest BCUT2D eigenvalue weighted by Gasteiger charge is 2.23.